The minimum Gasteiger partial charge on any atom is -0.380 e. The first-order valence-electron chi connectivity index (χ1n) is 4.57. The van der Waals surface area contributed by atoms with E-state index < -0.39 is 28.3 Å². The van der Waals surface area contributed by atoms with Crippen molar-refractivity contribution in [3.8, 4) is 0 Å². The summed E-state index contributed by atoms with van der Waals surface area (Å²) in [6, 6.07) is -0.953. The molecule has 9 heteroatoms. The Hall–Kier alpha value is -0.380. The zero-order valence-corrected chi connectivity index (χ0v) is 9.09. The van der Waals surface area contributed by atoms with Gasteiger partial charge < -0.3 is 9.84 Å². The summed E-state index contributed by atoms with van der Waals surface area (Å²) < 4.78 is 63.8. The Kier molecular flexibility index (Phi) is 4.16. The van der Waals surface area contributed by atoms with E-state index in [1.807, 2.05) is 0 Å². The molecule has 0 spiro atoms. The third-order valence-corrected chi connectivity index (χ3v) is 3.90. The first kappa shape index (κ1) is 13.7. The number of aliphatic hydroxyl groups is 1. The van der Waals surface area contributed by atoms with Crippen LogP contribution in [-0.2, 0) is 14.8 Å². The van der Waals surface area contributed by atoms with Crippen LogP contribution in [0.2, 0.25) is 0 Å². The molecule has 1 saturated heterocycles. The van der Waals surface area contributed by atoms with E-state index in [-0.39, 0.29) is 17.3 Å². The number of hydrogen-bond donors (Lipinski definition) is 1. The lowest BCUT2D eigenvalue weighted by Crippen LogP contribution is -2.50. The van der Waals surface area contributed by atoms with Gasteiger partial charge in [0.1, 0.15) is 6.73 Å². The van der Waals surface area contributed by atoms with Crippen molar-refractivity contribution in [2.45, 2.75) is 24.4 Å². The maximum absolute atomic E-state index is 12.2. The van der Waals surface area contributed by atoms with Crippen LogP contribution in [0.5, 0.6) is 0 Å². The number of sulfonamides is 1. The molecule has 0 bridgehead atoms. The lowest BCUT2D eigenvalue weighted by molar-refractivity contribution is -0.0574. The highest BCUT2D eigenvalue weighted by Gasteiger charge is 2.51. The van der Waals surface area contributed by atoms with E-state index in [1.165, 1.54) is 0 Å². The smallest absolute Gasteiger partial charge is 0.380 e. The van der Waals surface area contributed by atoms with E-state index >= 15 is 0 Å². The zero-order valence-electron chi connectivity index (χ0n) is 8.27. The zero-order chi connectivity index (χ0) is 12.4. The van der Waals surface area contributed by atoms with Crippen LogP contribution in [0.25, 0.3) is 0 Å². The highest BCUT2D eigenvalue weighted by Crippen LogP contribution is 2.29. The van der Waals surface area contributed by atoms with Crippen molar-refractivity contribution in [1.29, 1.82) is 0 Å². The largest absolute Gasteiger partial charge is 0.511 e. The molecule has 1 rings (SSSR count). The van der Waals surface area contributed by atoms with Crippen LogP contribution in [0.15, 0.2) is 0 Å². The van der Waals surface area contributed by atoms with Crippen molar-refractivity contribution >= 4 is 10.0 Å². The average Bonchev–Trinajstić information content (AvgIpc) is 2.18. The van der Waals surface area contributed by atoms with E-state index in [2.05, 4.69) is 0 Å². The van der Waals surface area contributed by atoms with E-state index in [1.54, 1.807) is 0 Å². The summed E-state index contributed by atoms with van der Waals surface area (Å²) in [7, 11) is -5.48. The summed E-state index contributed by atoms with van der Waals surface area (Å²) >= 11 is 0. The Morgan fingerprint density at radius 2 is 2.06 bits per heavy atom. The van der Waals surface area contributed by atoms with Gasteiger partial charge in [-0.15, -0.1) is 0 Å². The third kappa shape index (κ3) is 2.65. The second kappa shape index (κ2) is 4.86. The molecule has 1 heterocycles. The second-order valence-corrected chi connectivity index (χ2v) is 5.23. The Morgan fingerprint density at radius 3 is 2.44 bits per heavy atom. The van der Waals surface area contributed by atoms with Gasteiger partial charge in [-0.3, -0.25) is 0 Å². The number of nitrogens with zero attached hydrogens (tertiary/aromatic N) is 1. The van der Waals surface area contributed by atoms with Gasteiger partial charge in [0, 0.05) is 6.61 Å². The molecule has 1 fully saturated rings. The van der Waals surface area contributed by atoms with Crippen LogP contribution in [-0.4, -0.2) is 49.3 Å². The van der Waals surface area contributed by atoms with E-state index in [0.717, 1.165) is 0 Å². The molecule has 1 N–H and O–H groups in total. The van der Waals surface area contributed by atoms with Crippen molar-refractivity contribution < 1.29 is 31.4 Å². The van der Waals surface area contributed by atoms with Crippen molar-refractivity contribution in [2.24, 2.45) is 0 Å². The minimum atomic E-state index is -5.48. The second-order valence-electron chi connectivity index (χ2n) is 3.35. The molecule has 0 aliphatic carbocycles. The Balaban J connectivity index is 2.89. The molecule has 0 saturated carbocycles. The van der Waals surface area contributed by atoms with Crippen LogP contribution < -0.4 is 0 Å². The van der Waals surface area contributed by atoms with Crippen LogP contribution in [0.4, 0.5) is 13.2 Å². The number of rotatable bonds is 3. The molecule has 5 nitrogen and oxygen atoms in total. The van der Waals surface area contributed by atoms with Gasteiger partial charge in [0.25, 0.3) is 0 Å². The van der Waals surface area contributed by atoms with Gasteiger partial charge in [-0.1, -0.05) is 0 Å². The molecule has 0 aromatic carbocycles. The maximum Gasteiger partial charge on any atom is 0.511 e. The van der Waals surface area contributed by atoms with Gasteiger partial charge in [-0.05, 0) is 12.8 Å². The van der Waals surface area contributed by atoms with Crippen LogP contribution in [0.1, 0.15) is 12.8 Å². The fourth-order valence-electron chi connectivity index (χ4n) is 1.47. The predicted molar refractivity (Wildman–Crippen MR) is 47.7 cm³/mol. The number of ether oxygens (including phenoxy) is 1. The Bertz CT molecular complexity index is 323. The molecule has 1 atom stereocenters. The number of alkyl halides is 3. The number of aliphatic hydroxyl groups excluding tert-OH is 1. The first-order valence-corrected chi connectivity index (χ1v) is 6.01. The SMILES string of the molecule is O=S(=O)(N(CO)C1CCCOC1)C(F)(F)F. The van der Waals surface area contributed by atoms with Crippen LogP contribution in [0.3, 0.4) is 0 Å². The van der Waals surface area contributed by atoms with Gasteiger partial charge in [0.05, 0.1) is 12.6 Å². The predicted octanol–water partition coefficient (Wildman–Crippen LogP) is 0.267. The molecule has 0 amide bonds. The van der Waals surface area contributed by atoms with Gasteiger partial charge in [0.2, 0.25) is 0 Å². The molecule has 0 aromatic rings. The Morgan fingerprint density at radius 1 is 1.44 bits per heavy atom. The molecule has 0 radical (unpaired) electrons. The quantitative estimate of drug-likeness (QED) is 0.742. The fraction of sp³-hybridized carbons (Fsp3) is 1.00. The Labute approximate surface area is 90.8 Å². The average molecular weight is 263 g/mol. The normalized spacial score (nSPS) is 23.7. The monoisotopic (exact) mass is 263 g/mol. The molecule has 96 valence electrons. The van der Waals surface area contributed by atoms with Crippen LogP contribution >= 0.6 is 0 Å². The highest BCUT2D eigenvalue weighted by atomic mass is 32.2. The summed E-state index contributed by atoms with van der Waals surface area (Å²) in [5.74, 6) is 0. The highest BCUT2D eigenvalue weighted by molar-refractivity contribution is 7.90. The standard InChI is InChI=1S/C7H12F3NO4S/c8-7(9,10)16(13,14)11(5-12)6-2-1-3-15-4-6/h6,12H,1-5H2. The third-order valence-electron chi connectivity index (χ3n) is 2.28. The molecular weight excluding hydrogens is 251 g/mol. The van der Waals surface area contributed by atoms with Gasteiger partial charge in [-0.2, -0.15) is 17.5 Å². The molecule has 1 aliphatic heterocycles. The fourth-order valence-corrected chi connectivity index (χ4v) is 2.45. The van der Waals surface area contributed by atoms with E-state index in [4.69, 9.17) is 9.84 Å². The molecule has 1 unspecified atom stereocenters. The summed E-state index contributed by atoms with van der Waals surface area (Å²) in [6.45, 7) is -0.937. The summed E-state index contributed by atoms with van der Waals surface area (Å²) in [4.78, 5) is 0. The lowest BCUT2D eigenvalue weighted by atomic mass is 10.1. The van der Waals surface area contributed by atoms with Gasteiger partial charge in [-0.25, -0.2) is 8.42 Å². The molecular formula is C7H12F3NO4S. The molecule has 0 aromatic heterocycles. The summed E-state index contributed by atoms with van der Waals surface area (Å²) in [6.07, 6.45) is 0.713. The maximum atomic E-state index is 12.2. The van der Waals surface area contributed by atoms with Crippen molar-refractivity contribution in [3.05, 3.63) is 0 Å². The lowest BCUT2D eigenvalue weighted by Gasteiger charge is -2.31. The number of halogens is 3. The number of hydrogen-bond acceptors (Lipinski definition) is 4. The van der Waals surface area contributed by atoms with Gasteiger partial charge >= 0.3 is 15.5 Å². The molecule has 1 aliphatic rings. The van der Waals surface area contributed by atoms with Crippen molar-refractivity contribution in [2.75, 3.05) is 19.9 Å². The summed E-state index contributed by atoms with van der Waals surface area (Å²) in [5, 5.41) is 8.77. The van der Waals surface area contributed by atoms with Crippen molar-refractivity contribution in [3.63, 3.8) is 0 Å². The van der Waals surface area contributed by atoms with Crippen LogP contribution in [0, 0.1) is 0 Å². The minimum absolute atomic E-state index is 0.0339. The van der Waals surface area contributed by atoms with Gasteiger partial charge in [0.15, 0.2) is 0 Å². The van der Waals surface area contributed by atoms with Crippen molar-refractivity contribution in [1.82, 2.24) is 4.31 Å². The first-order chi connectivity index (χ1) is 7.30. The molecule has 16 heavy (non-hydrogen) atoms. The topological polar surface area (TPSA) is 66.8 Å². The van der Waals surface area contributed by atoms with E-state index in [9.17, 15) is 21.6 Å². The van der Waals surface area contributed by atoms with E-state index in [0.29, 0.717) is 13.0 Å². The summed E-state index contributed by atoms with van der Waals surface area (Å²) in [5.41, 5.74) is -5.40.